The number of nitrogens with one attached hydrogen (secondary N) is 1. The van der Waals surface area contributed by atoms with E-state index in [1.807, 2.05) is 50.1 Å². The molecule has 1 saturated heterocycles. The Morgan fingerprint density at radius 2 is 1.85 bits per heavy atom. The zero-order chi connectivity index (χ0) is 19.6. The molecule has 1 N–H and O–H groups in total. The molecule has 6 heteroatoms. The minimum atomic E-state index is -0.0779. The quantitative estimate of drug-likeness (QED) is 0.902. The van der Waals surface area contributed by atoms with Gasteiger partial charge in [0.15, 0.2) is 0 Å². The molecule has 3 rings (SSSR count). The standard InChI is InChI=1S/C21H28N4O2/c1-5-17-15(3)23-24(4)19(17)22-20(26)16-10-12-25(13-11-16)21(27)18-9-7-6-8-14(18)2/h6-9,16H,5,10-13H2,1-4H3,(H,22,26). The number of hydrogen-bond donors (Lipinski definition) is 1. The van der Waals surface area contributed by atoms with Crippen molar-refractivity contribution in [1.82, 2.24) is 14.7 Å². The van der Waals surface area contributed by atoms with Gasteiger partial charge in [0.05, 0.1) is 5.69 Å². The van der Waals surface area contributed by atoms with E-state index < -0.39 is 0 Å². The van der Waals surface area contributed by atoms with Crippen molar-refractivity contribution >= 4 is 17.6 Å². The summed E-state index contributed by atoms with van der Waals surface area (Å²) in [6.07, 6.45) is 2.20. The van der Waals surface area contributed by atoms with Crippen LogP contribution in [0.1, 0.15) is 46.9 Å². The predicted molar refractivity (Wildman–Crippen MR) is 106 cm³/mol. The molecular weight excluding hydrogens is 340 g/mol. The van der Waals surface area contributed by atoms with Gasteiger partial charge in [0.1, 0.15) is 5.82 Å². The Balaban J connectivity index is 1.62. The largest absolute Gasteiger partial charge is 0.339 e. The Morgan fingerprint density at radius 1 is 1.19 bits per heavy atom. The SMILES string of the molecule is CCc1c(C)nn(C)c1NC(=O)C1CCN(C(=O)c2ccccc2C)CC1. The van der Waals surface area contributed by atoms with E-state index in [-0.39, 0.29) is 17.7 Å². The van der Waals surface area contributed by atoms with E-state index >= 15 is 0 Å². The second-order valence-electron chi connectivity index (χ2n) is 7.26. The number of hydrogen-bond acceptors (Lipinski definition) is 3. The van der Waals surface area contributed by atoms with Gasteiger partial charge in [-0.15, -0.1) is 0 Å². The van der Waals surface area contributed by atoms with E-state index in [4.69, 9.17) is 0 Å². The number of carbonyl (C=O) groups is 2. The topological polar surface area (TPSA) is 67.2 Å². The lowest BCUT2D eigenvalue weighted by Crippen LogP contribution is -2.41. The summed E-state index contributed by atoms with van der Waals surface area (Å²) in [5, 5.41) is 7.47. The molecule has 0 aliphatic carbocycles. The van der Waals surface area contributed by atoms with Gasteiger partial charge < -0.3 is 10.2 Å². The van der Waals surface area contributed by atoms with Crippen LogP contribution in [0, 0.1) is 19.8 Å². The molecule has 0 radical (unpaired) electrons. The molecule has 6 nitrogen and oxygen atoms in total. The smallest absolute Gasteiger partial charge is 0.254 e. The number of aromatic nitrogens is 2. The van der Waals surface area contributed by atoms with Crippen molar-refractivity contribution in [1.29, 1.82) is 0 Å². The van der Waals surface area contributed by atoms with E-state index in [1.54, 1.807) is 4.68 Å². The first-order valence-corrected chi connectivity index (χ1v) is 9.60. The van der Waals surface area contributed by atoms with Crippen molar-refractivity contribution in [2.75, 3.05) is 18.4 Å². The van der Waals surface area contributed by atoms with Crippen LogP contribution in [0.15, 0.2) is 24.3 Å². The molecule has 1 fully saturated rings. The summed E-state index contributed by atoms with van der Waals surface area (Å²) >= 11 is 0. The molecule has 27 heavy (non-hydrogen) atoms. The Labute approximate surface area is 160 Å². The monoisotopic (exact) mass is 368 g/mol. The fourth-order valence-electron chi connectivity index (χ4n) is 3.83. The normalized spacial score (nSPS) is 15.0. The molecule has 0 saturated carbocycles. The van der Waals surface area contributed by atoms with Crippen LogP contribution >= 0.6 is 0 Å². The number of aryl methyl sites for hydroxylation is 3. The highest BCUT2D eigenvalue weighted by Gasteiger charge is 2.29. The van der Waals surface area contributed by atoms with E-state index in [1.165, 1.54) is 0 Å². The van der Waals surface area contributed by atoms with Crippen LogP contribution < -0.4 is 5.32 Å². The molecule has 0 unspecified atom stereocenters. The van der Waals surface area contributed by atoms with Crippen molar-refractivity contribution in [2.45, 2.75) is 40.0 Å². The third-order valence-corrected chi connectivity index (χ3v) is 5.47. The maximum absolute atomic E-state index is 12.7. The first-order chi connectivity index (χ1) is 12.9. The lowest BCUT2D eigenvalue weighted by atomic mass is 9.95. The lowest BCUT2D eigenvalue weighted by Gasteiger charge is -2.31. The fraction of sp³-hybridized carbons (Fsp3) is 0.476. The molecule has 144 valence electrons. The van der Waals surface area contributed by atoms with Gasteiger partial charge in [-0.25, -0.2) is 0 Å². The Kier molecular flexibility index (Phi) is 5.63. The number of piperidine rings is 1. The van der Waals surface area contributed by atoms with Crippen molar-refractivity contribution in [2.24, 2.45) is 13.0 Å². The van der Waals surface area contributed by atoms with Gasteiger partial charge in [-0.2, -0.15) is 5.10 Å². The van der Waals surface area contributed by atoms with Crippen molar-refractivity contribution in [3.05, 3.63) is 46.6 Å². The highest BCUT2D eigenvalue weighted by atomic mass is 16.2. The number of amides is 2. The van der Waals surface area contributed by atoms with Gasteiger partial charge in [0.2, 0.25) is 5.91 Å². The summed E-state index contributed by atoms with van der Waals surface area (Å²) in [6.45, 7) is 7.20. The summed E-state index contributed by atoms with van der Waals surface area (Å²) in [6, 6.07) is 7.65. The van der Waals surface area contributed by atoms with Crippen LogP contribution in [0.25, 0.3) is 0 Å². The molecule has 2 heterocycles. The third kappa shape index (κ3) is 3.89. The van der Waals surface area contributed by atoms with Gasteiger partial charge >= 0.3 is 0 Å². The van der Waals surface area contributed by atoms with Crippen LogP contribution in [-0.2, 0) is 18.3 Å². The second kappa shape index (κ2) is 7.94. The Bertz CT molecular complexity index is 848. The van der Waals surface area contributed by atoms with E-state index in [2.05, 4.69) is 17.3 Å². The molecule has 2 amide bonds. The molecule has 1 aromatic carbocycles. The van der Waals surface area contributed by atoms with E-state index in [9.17, 15) is 9.59 Å². The summed E-state index contributed by atoms with van der Waals surface area (Å²) < 4.78 is 1.74. The van der Waals surface area contributed by atoms with E-state index in [0.717, 1.165) is 34.6 Å². The maximum atomic E-state index is 12.7. The molecule has 0 bridgehead atoms. The van der Waals surface area contributed by atoms with E-state index in [0.29, 0.717) is 25.9 Å². The Hall–Kier alpha value is -2.63. The number of nitrogens with zero attached hydrogens (tertiary/aromatic N) is 3. The summed E-state index contributed by atoms with van der Waals surface area (Å²) in [5.41, 5.74) is 3.77. The van der Waals surface area contributed by atoms with Crippen LogP contribution in [0.3, 0.4) is 0 Å². The highest BCUT2D eigenvalue weighted by Crippen LogP contribution is 2.24. The number of rotatable bonds is 4. The van der Waals surface area contributed by atoms with Crippen molar-refractivity contribution < 1.29 is 9.59 Å². The van der Waals surface area contributed by atoms with Gasteiger partial charge in [0.25, 0.3) is 5.91 Å². The van der Waals surface area contributed by atoms with Gasteiger partial charge in [0, 0.05) is 37.2 Å². The molecule has 0 atom stereocenters. The van der Waals surface area contributed by atoms with Crippen LogP contribution in [0.5, 0.6) is 0 Å². The predicted octanol–water partition coefficient (Wildman–Crippen LogP) is 3.09. The van der Waals surface area contributed by atoms with Crippen LogP contribution in [0.4, 0.5) is 5.82 Å². The van der Waals surface area contributed by atoms with Gasteiger partial charge in [-0.3, -0.25) is 14.3 Å². The third-order valence-electron chi connectivity index (χ3n) is 5.47. The number of benzene rings is 1. The zero-order valence-corrected chi connectivity index (χ0v) is 16.6. The average Bonchev–Trinajstić information content (AvgIpc) is 2.94. The molecule has 2 aromatic rings. The maximum Gasteiger partial charge on any atom is 0.254 e. The fourth-order valence-corrected chi connectivity index (χ4v) is 3.83. The molecule has 1 aromatic heterocycles. The average molecular weight is 368 g/mol. The van der Waals surface area contributed by atoms with Crippen LogP contribution in [0.2, 0.25) is 0 Å². The van der Waals surface area contributed by atoms with Gasteiger partial charge in [-0.05, 0) is 44.7 Å². The molecular formula is C21H28N4O2. The minimum absolute atomic E-state index is 0.0238. The highest BCUT2D eigenvalue weighted by molar-refractivity contribution is 5.96. The number of carbonyl (C=O) groups excluding carboxylic acids is 2. The summed E-state index contributed by atoms with van der Waals surface area (Å²) in [5.74, 6) is 0.794. The Morgan fingerprint density at radius 3 is 2.48 bits per heavy atom. The second-order valence-corrected chi connectivity index (χ2v) is 7.26. The molecule has 0 spiro atoms. The number of likely N-dealkylation sites (tertiary alicyclic amines) is 1. The summed E-state index contributed by atoms with van der Waals surface area (Å²) in [7, 11) is 1.85. The van der Waals surface area contributed by atoms with Crippen LogP contribution in [-0.4, -0.2) is 39.6 Å². The first-order valence-electron chi connectivity index (χ1n) is 9.60. The summed E-state index contributed by atoms with van der Waals surface area (Å²) in [4.78, 5) is 27.3. The van der Waals surface area contributed by atoms with Crippen molar-refractivity contribution in [3.8, 4) is 0 Å². The molecule has 1 aliphatic rings. The van der Waals surface area contributed by atoms with Crippen molar-refractivity contribution in [3.63, 3.8) is 0 Å². The zero-order valence-electron chi connectivity index (χ0n) is 16.6. The number of anilines is 1. The first kappa shape index (κ1) is 19.1. The lowest BCUT2D eigenvalue weighted by molar-refractivity contribution is -0.121. The minimum Gasteiger partial charge on any atom is -0.339 e. The molecule has 1 aliphatic heterocycles. The van der Waals surface area contributed by atoms with Gasteiger partial charge in [-0.1, -0.05) is 25.1 Å².